The number of nitrogens with zero attached hydrogens (tertiary/aromatic N) is 2. The fourth-order valence-corrected chi connectivity index (χ4v) is 2.71. The van der Waals surface area contributed by atoms with Crippen molar-refractivity contribution in [1.82, 2.24) is 20.2 Å². The van der Waals surface area contributed by atoms with Gasteiger partial charge in [0.05, 0.1) is 18.1 Å². The van der Waals surface area contributed by atoms with Gasteiger partial charge in [0.1, 0.15) is 17.1 Å². The number of methoxy groups -OCH3 is 1. The summed E-state index contributed by atoms with van der Waals surface area (Å²) in [6.45, 7) is 3.81. The van der Waals surface area contributed by atoms with Gasteiger partial charge in [-0.3, -0.25) is 5.10 Å². The molecule has 7 heteroatoms. The third-order valence-corrected chi connectivity index (χ3v) is 4.36. The Balaban J connectivity index is 2.03. The summed E-state index contributed by atoms with van der Waals surface area (Å²) in [5, 5.41) is 17.6. The minimum Gasteiger partial charge on any atom is -0.504 e. The van der Waals surface area contributed by atoms with Gasteiger partial charge in [0.25, 0.3) is 0 Å². The van der Waals surface area contributed by atoms with Crippen molar-refractivity contribution in [3.8, 4) is 23.0 Å². The van der Waals surface area contributed by atoms with Crippen LogP contribution >= 0.6 is 15.9 Å². The minimum absolute atomic E-state index is 0.0613. The van der Waals surface area contributed by atoms with Gasteiger partial charge in [-0.1, -0.05) is 22.0 Å². The molecule has 0 fully saturated rings. The second kappa shape index (κ2) is 6.52. The van der Waals surface area contributed by atoms with Gasteiger partial charge in [-0.15, -0.1) is 0 Å². The molecule has 3 rings (SSSR count). The highest BCUT2D eigenvalue weighted by Crippen LogP contribution is 2.34. The fraction of sp³-hybridized carbons (Fsp3) is 0.176. The summed E-state index contributed by atoms with van der Waals surface area (Å²) in [5.41, 5.74) is 3.37. The number of halogens is 1. The van der Waals surface area contributed by atoms with Gasteiger partial charge >= 0.3 is 0 Å². The van der Waals surface area contributed by atoms with Crippen LogP contribution in [0.4, 0.5) is 0 Å². The highest BCUT2D eigenvalue weighted by atomic mass is 79.9. The zero-order chi connectivity index (χ0) is 17.3. The van der Waals surface area contributed by atoms with E-state index >= 15 is 0 Å². The second-order valence-corrected chi connectivity index (χ2v) is 6.18. The number of benzene rings is 1. The maximum Gasteiger partial charge on any atom is 0.172 e. The quantitative estimate of drug-likeness (QED) is 0.579. The van der Waals surface area contributed by atoms with Gasteiger partial charge in [-0.2, -0.15) is 5.10 Å². The zero-order valence-corrected chi connectivity index (χ0v) is 15.1. The summed E-state index contributed by atoms with van der Waals surface area (Å²) < 4.78 is 6.13. The van der Waals surface area contributed by atoms with E-state index in [2.05, 4.69) is 36.1 Å². The molecule has 1 aromatic carbocycles. The lowest BCUT2D eigenvalue weighted by atomic mass is 10.1. The summed E-state index contributed by atoms with van der Waals surface area (Å²) in [7, 11) is 1.61. The van der Waals surface area contributed by atoms with Crippen molar-refractivity contribution < 1.29 is 9.84 Å². The van der Waals surface area contributed by atoms with Crippen LogP contribution in [-0.4, -0.2) is 32.4 Å². The monoisotopic (exact) mass is 388 g/mol. The Hall–Kier alpha value is -2.54. The highest BCUT2D eigenvalue weighted by molar-refractivity contribution is 9.11. The maximum atomic E-state index is 10.5. The number of hydrogen-bond acceptors (Lipinski definition) is 4. The third-order valence-electron chi connectivity index (χ3n) is 3.67. The lowest BCUT2D eigenvalue weighted by Crippen LogP contribution is -1.81. The topological polar surface area (TPSA) is 86.8 Å². The van der Waals surface area contributed by atoms with E-state index in [4.69, 9.17) is 4.74 Å². The molecule has 3 N–H and O–H groups in total. The van der Waals surface area contributed by atoms with Crippen molar-refractivity contribution in [1.29, 1.82) is 0 Å². The molecule has 0 amide bonds. The van der Waals surface area contributed by atoms with Crippen LogP contribution in [-0.2, 0) is 0 Å². The van der Waals surface area contributed by atoms with E-state index in [1.807, 2.05) is 44.2 Å². The zero-order valence-electron chi connectivity index (χ0n) is 13.5. The van der Waals surface area contributed by atoms with Gasteiger partial charge in [0.15, 0.2) is 11.6 Å². The van der Waals surface area contributed by atoms with Crippen molar-refractivity contribution >= 4 is 32.5 Å². The van der Waals surface area contributed by atoms with E-state index in [-0.39, 0.29) is 5.75 Å². The summed E-state index contributed by atoms with van der Waals surface area (Å²) in [6.07, 6.45) is 3.81. The molecule has 0 atom stereocenters. The SMILES string of the molecule is C/C=C(Br)\C=C(/C)c1n[nH]c(-c2nc3ccc(OC)cc3[nH]2)c1O. The second-order valence-electron chi connectivity index (χ2n) is 5.27. The van der Waals surface area contributed by atoms with Crippen molar-refractivity contribution in [2.75, 3.05) is 7.11 Å². The first-order valence-corrected chi connectivity index (χ1v) is 8.14. The van der Waals surface area contributed by atoms with Crippen molar-refractivity contribution in [3.63, 3.8) is 0 Å². The predicted octanol–water partition coefficient (Wildman–Crippen LogP) is 4.37. The van der Waals surface area contributed by atoms with E-state index in [0.717, 1.165) is 26.8 Å². The molecule has 2 aromatic heterocycles. The number of nitrogens with one attached hydrogen (secondary N) is 2. The number of H-pyrrole nitrogens is 2. The number of rotatable bonds is 4. The van der Waals surface area contributed by atoms with Gasteiger partial charge in [-0.05, 0) is 37.6 Å². The molecular formula is C17H17BrN4O2. The Morgan fingerprint density at radius 2 is 2.17 bits per heavy atom. The van der Waals surface area contributed by atoms with Crippen molar-refractivity contribution in [3.05, 3.63) is 40.5 Å². The van der Waals surface area contributed by atoms with E-state index in [0.29, 0.717) is 17.2 Å². The average Bonchev–Trinajstić information content (AvgIpc) is 3.16. The van der Waals surface area contributed by atoms with Crippen LogP contribution in [0.15, 0.2) is 34.8 Å². The molecule has 0 saturated heterocycles. The summed E-state index contributed by atoms with van der Waals surface area (Å²) >= 11 is 3.42. The van der Waals surface area contributed by atoms with E-state index in [1.165, 1.54) is 0 Å². The van der Waals surface area contributed by atoms with E-state index in [1.54, 1.807) is 7.11 Å². The number of ether oxygens (including phenoxy) is 1. The summed E-state index contributed by atoms with van der Waals surface area (Å²) in [5.74, 6) is 1.32. The fourth-order valence-electron chi connectivity index (χ4n) is 2.37. The number of aromatic hydroxyl groups is 1. The average molecular weight is 389 g/mol. The van der Waals surface area contributed by atoms with Gasteiger partial charge in [-0.25, -0.2) is 4.98 Å². The molecule has 124 valence electrons. The largest absolute Gasteiger partial charge is 0.504 e. The number of aromatic amines is 2. The molecule has 6 nitrogen and oxygen atoms in total. The van der Waals surface area contributed by atoms with Gasteiger partial charge in [0.2, 0.25) is 0 Å². The standard InChI is InChI=1S/C17H17BrN4O2/c1-4-10(18)7-9(2)14-16(23)15(22-21-14)17-19-12-6-5-11(24-3)8-13(12)20-17/h4-8,23H,1-3H3,(H,19,20)(H,21,22)/b9-7+,10-4+. The first-order valence-electron chi connectivity index (χ1n) is 7.35. The van der Waals surface area contributed by atoms with Gasteiger partial charge < -0.3 is 14.8 Å². The molecule has 3 aromatic rings. The van der Waals surface area contributed by atoms with Crippen LogP contribution in [0.1, 0.15) is 19.5 Å². The Morgan fingerprint density at radius 3 is 2.88 bits per heavy atom. The molecule has 0 saturated carbocycles. The number of fused-ring (bicyclic) bond motifs is 1. The van der Waals surface area contributed by atoms with Crippen LogP contribution in [0.25, 0.3) is 28.1 Å². The molecule has 0 spiro atoms. The predicted molar refractivity (Wildman–Crippen MR) is 98.2 cm³/mol. The van der Waals surface area contributed by atoms with Crippen LogP contribution < -0.4 is 4.74 Å². The first-order chi connectivity index (χ1) is 11.5. The molecule has 24 heavy (non-hydrogen) atoms. The van der Waals surface area contributed by atoms with Crippen molar-refractivity contribution in [2.24, 2.45) is 0 Å². The van der Waals surface area contributed by atoms with Crippen LogP contribution in [0.3, 0.4) is 0 Å². The normalized spacial score (nSPS) is 12.8. The maximum absolute atomic E-state index is 10.5. The van der Waals surface area contributed by atoms with Crippen molar-refractivity contribution in [2.45, 2.75) is 13.8 Å². The Morgan fingerprint density at radius 1 is 1.38 bits per heavy atom. The molecule has 2 heterocycles. The smallest absolute Gasteiger partial charge is 0.172 e. The molecule has 0 aliphatic rings. The summed E-state index contributed by atoms with van der Waals surface area (Å²) in [6, 6.07) is 5.55. The number of allylic oxidation sites excluding steroid dienone is 4. The third kappa shape index (κ3) is 2.94. The molecule has 0 unspecified atom stereocenters. The van der Waals surface area contributed by atoms with Gasteiger partial charge in [0, 0.05) is 10.5 Å². The Labute approximate surface area is 147 Å². The van der Waals surface area contributed by atoms with E-state index < -0.39 is 0 Å². The van der Waals surface area contributed by atoms with Crippen LogP contribution in [0.2, 0.25) is 0 Å². The molecule has 0 radical (unpaired) electrons. The highest BCUT2D eigenvalue weighted by Gasteiger charge is 2.18. The Kier molecular flexibility index (Phi) is 4.44. The van der Waals surface area contributed by atoms with Crippen LogP contribution in [0.5, 0.6) is 11.5 Å². The molecule has 0 bridgehead atoms. The summed E-state index contributed by atoms with van der Waals surface area (Å²) in [4.78, 5) is 7.66. The first kappa shape index (κ1) is 16.3. The lowest BCUT2D eigenvalue weighted by molar-refractivity contribution is 0.415. The number of imidazole rings is 1. The molecular weight excluding hydrogens is 372 g/mol. The molecule has 0 aliphatic heterocycles. The number of aromatic nitrogens is 4. The molecule has 0 aliphatic carbocycles. The van der Waals surface area contributed by atoms with E-state index in [9.17, 15) is 5.11 Å². The van der Waals surface area contributed by atoms with Crippen LogP contribution in [0, 0.1) is 0 Å². The lowest BCUT2D eigenvalue weighted by Gasteiger charge is -1.98. The number of hydrogen-bond donors (Lipinski definition) is 3. The Bertz CT molecular complexity index is 953. The minimum atomic E-state index is 0.0613.